The molecule has 0 aliphatic heterocycles. The van der Waals surface area contributed by atoms with Crippen LogP contribution in [0.4, 0.5) is 0 Å². The van der Waals surface area contributed by atoms with Gasteiger partial charge in [0, 0.05) is 17.8 Å². The molecule has 0 aliphatic carbocycles. The van der Waals surface area contributed by atoms with E-state index in [1.54, 1.807) is 6.07 Å². The van der Waals surface area contributed by atoms with E-state index in [-0.39, 0.29) is 6.54 Å². The quantitative estimate of drug-likeness (QED) is 0.732. The van der Waals surface area contributed by atoms with Crippen molar-refractivity contribution in [2.45, 2.75) is 17.1 Å². The summed E-state index contributed by atoms with van der Waals surface area (Å²) in [6.07, 6.45) is 2.48. The molecule has 7 nitrogen and oxygen atoms in total. The number of aromatic nitrogens is 2. The smallest absolute Gasteiger partial charge is 0.250 e. The van der Waals surface area contributed by atoms with Crippen molar-refractivity contribution in [2.75, 3.05) is 20.1 Å². The zero-order valence-corrected chi connectivity index (χ0v) is 12.6. The SMILES string of the molecule is CNCCc1ccc(S(=O)(=O)NCCc2ncno2)s1. The van der Waals surface area contributed by atoms with E-state index in [1.165, 1.54) is 17.7 Å². The molecule has 0 saturated carbocycles. The van der Waals surface area contributed by atoms with Crippen LogP contribution in [0, 0.1) is 0 Å². The van der Waals surface area contributed by atoms with Crippen LogP contribution in [-0.4, -0.2) is 38.7 Å². The fourth-order valence-corrected chi connectivity index (χ4v) is 3.99. The Morgan fingerprint density at radius 2 is 2.15 bits per heavy atom. The van der Waals surface area contributed by atoms with E-state index in [0.29, 0.717) is 16.5 Å². The van der Waals surface area contributed by atoms with Gasteiger partial charge in [0.25, 0.3) is 0 Å². The summed E-state index contributed by atoms with van der Waals surface area (Å²) >= 11 is 1.29. The average Bonchev–Trinajstić information content (AvgIpc) is 3.07. The fourth-order valence-electron chi connectivity index (χ4n) is 1.55. The van der Waals surface area contributed by atoms with E-state index < -0.39 is 10.0 Å². The van der Waals surface area contributed by atoms with Crippen LogP contribution in [0.25, 0.3) is 0 Å². The predicted molar refractivity (Wildman–Crippen MR) is 75.1 cm³/mol. The van der Waals surface area contributed by atoms with E-state index in [2.05, 4.69) is 20.2 Å². The second-order valence-electron chi connectivity index (χ2n) is 4.06. The van der Waals surface area contributed by atoms with Crippen LogP contribution in [0.1, 0.15) is 10.8 Å². The lowest BCUT2D eigenvalue weighted by atomic mass is 10.3. The number of nitrogens with one attached hydrogen (secondary N) is 2. The third-order valence-corrected chi connectivity index (χ3v) is 5.66. The van der Waals surface area contributed by atoms with E-state index in [4.69, 9.17) is 4.52 Å². The van der Waals surface area contributed by atoms with Crippen LogP contribution in [0.3, 0.4) is 0 Å². The molecule has 0 unspecified atom stereocenters. The lowest BCUT2D eigenvalue weighted by Crippen LogP contribution is -2.25. The molecular weight excluding hydrogens is 300 g/mol. The van der Waals surface area contributed by atoms with Crippen LogP contribution in [0.2, 0.25) is 0 Å². The van der Waals surface area contributed by atoms with Crippen molar-refractivity contribution in [1.82, 2.24) is 20.2 Å². The molecule has 2 aromatic rings. The second-order valence-corrected chi connectivity index (χ2v) is 7.22. The summed E-state index contributed by atoms with van der Waals surface area (Å²) in [4.78, 5) is 4.87. The number of nitrogens with zero attached hydrogens (tertiary/aromatic N) is 2. The molecule has 0 saturated heterocycles. The van der Waals surface area contributed by atoms with Crippen molar-refractivity contribution < 1.29 is 12.9 Å². The Labute approximate surface area is 121 Å². The van der Waals surface area contributed by atoms with E-state index in [0.717, 1.165) is 17.8 Å². The van der Waals surface area contributed by atoms with Gasteiger partial charge in [0.2, 0.25) is 15.9 Å². The summed E-state index contributed by atoms with van der Waals surface area (Å²) in [5, 5.41) is 6.49. The van der Waals surface area contributed by atoms with Crippen LogP contribution in [0.15, 0.2) is 27.2 Å². The highest BCUT2D eigenvalue weighted by atomic mass is 32.2. The van der Waals surface area contributed by atoms with Crippen molar-refractivity contribution in [3.05, 3.63) is 29.2 Å². The standard InChI is InChI=1S/C11H16N4O3S2/c1-12-6-4-9-2-3-11(19-9)20(16,17)15-7-5-10-13-8-14-18-10/h2-3,8,12,15H,4-7H2,1H3. The minimum Gasteiger partial charge on any atom is -0.340 e. The van der Waals surface area contributed by atoms with Crippen LogP contribution in [-0.2, 0) is 22.9 Å². The molecule has 2 heterocycles. The van der Waals surface area contributed by atoms with Gasteiger partial charge in [0.1, 0.15) is 4.21 Å². The Bertz CT molecular complexity index is 622. The van der Waals surface area contributed by atoms with Crippen LogP contribution in [0.5, 0.6) is 0 Å². The first kappa shape index (κ1) is 15.1. The zero-order chi connectivity index (χ0) is 14.4. The fraction of sp³-hybridized carbons (Fsp3) is 0.455. The van der Waals surface area contributed by atoms with Crippen LogP contribution < -0.4 is 10.0 Å². The second kappa shape index (κ2) is 6.93. The lowest BCUT2D eigenvalue weighted by Gasteiger charge is -2.02. The Hall–Kier alpha value is -1.29. The van der Waals surface area contributed by atoms with E-state index in [1.807, 2.05) is 13.1 Å². The van der Waals surface area contributed by atoms with Gasteiger partial charge in [-0.2, -0.15) is 4.98 Å². The molecule has 2 aromatic heterocycles. The number of hydrogen-bond donors (Lipinski definition) is 2. The van der Waals surface area contributed by atoms with Crippen molar-refractivity contribution >= 4 is 21.4 Å². The Morgan fingerprint density at radius 1 is 1.30 bits per heavy atom. The molecule has 110 valence electrons. The van der Waals surface area contributed by atoms with Gasteiger partial charge in [-0.1, -0.05) is 5.16 Å². The van der Waals surface area contributed by atoms with Gasteiger partial charge in [0.15, 0.2) is 6.33 Å². The Kier molecular flexibility index (Phi) is 5.24. The van der Waals surface area contributed by atoms with Crippen LogP contribution >= 0.6 is 11.3 Å². The van der Waals surface area contributed by atoms with Crippen molar-refractivity contribution in [1.29, 1.82) is 0 Å². The molecule has 20 heavy (non-hydrogen) atoms. The minimum absolute atomic E-state index is 0.230. The maximum absolute atomic E-state index is 12.1. The molecule has 0 spiro atoms. The topological polar surface area (TPSA) is 97.1 Å². The first-order valence-electron chi connectivity index (χ1n) is 6.10. The zero-order valence-electron chi connectivity index (χ0n) is 11.0. The highest BCUT2D eigenvalue weighted by Crippen LogP contribution is 2.21. The summed E-state index contributed by atoms with van der Waals surface area (Å²) < 4.78 is 31.8. The summed E-state index contributed by atoms with van der Waals surface area (Å²) in [6.45, 7) is 1.05. The normalized spacial score (nSPS) is 11.8. The number of likely N-dealkylation sites (N-methyl/N-ethyl adjacent to an activating group) is 1. The Balaban J connectivity index is 1.90. The summed E-state index contributed by atoms with van der Waals surface area (Å²) in [5.41, 5.74) is 0. The molecule has 0 radical (unpaired) electrons. The van der Waals surface area contributed by atoms with Gasteiger partial charge < -0.3 is 9.84 Å². The monoisotopic (exact) mass is 316 g/mol. The third-order valence-electron chi connectivity index (χ3n) is 2.56. The van der Waals surface area contributed by atoms with Gasteiger partial charge in [-0.3, -0.25) is 0 Å². The number of sulfonamides is 1. The molecule has 0 aromatic carbocycles. The maximum Gasteiger partial charge on any atom is 0.250 e. The Morgan fingerprint density at radius 3 is 2.85 bits per heavy atom. The van der Waals surface area contributed by atoms with Gasteiger partial charge in [-0.25, -0.2) is 13.1 Å². The minimum atomic E-state index is -3.46. The number of rotatable bonds is 8. The molecule has 0 bridgehead atoms. The molecule has 9 heteroatoms. The summed E-state index contributed by atoms with van der Waals surface area (Å²) in [5.74, 6) is 0.411. The van der Waals surface area contributed by atoms with Crippen molar-refractivity contribution in [3.63, 3.8) is 0 Å². The van der Waals surface area contributed by atoms with Crippen molar-refractivity contribution in [2.24, 2.45) is 0 Å². The molecule has 0 atom stereocenters. The highest BCUT2D eigenvalue weighted by molar-refractivity contribution is 7.91. The van der Waals surface area contributed by atoms with E-state index in [9.17, 15) is 8.42 Å². The lowest BCUT2D eigenvalue weighted by molar-refractivity contribution is 0.377. The average molecular weight is 316 g/mol. The van der Waals surface area contributed by atoms with Gasteiger partial charge in [0.05, 0.1) is 0 Å². The molecule has 2 rings (SSSR count). The first-order valence-corrected chi connectivity index (χ1v) is 8.40. The third kappa shape index (κ3) is 4.10. The summed E-state index contributed by atoms with van der Waals surface area (Å²) in [6, 6.07) is 3.47. The largest absolute Gasteiger partial charge is 0.340 e. The van der Waals surface area contributed by atoms with Crippen molar-refractivity contribution in [3.8, 4) is 0 Å². The first-order chi connectivity index (χ1) is 9.62. The number of thiophene rings is 1. The van der Waals surface area contributed by atoms with Gasteiger partial charge in [-0.15, -0.1) is 11.3 Å². The highest BCUT2D eigenvalue weighted by Gasteiger charge is 2.16. The molecular formula is C11H16N4O3S2. The molecule has 0 amide bonds. The molecule has 0 aliphatic rings. The molecule has 2 N–H and O–H groups in total. The molecule has 0 fully saturated rings. The maximum atomic E-state index is 12.1. The predicted octanol–water partition coefficient (Wildman–Crippen LogP) is 0.414. The number of hydrogen-bond acceptors (Lipinski definition) is 7. The summed E-state index contributed by atoms with van der Waals surface area (Å²) in [7, 11) is -1.59. The van der Waals surface area contributed by atoms with Gasteiger partial charge >= 0.3 is 0 Å². The van der Waals surface area contributed by atoms with Gasteiger partial charge in [-0.05, 0) is 32.1 Å². The van der Waals surface area contributed by atoms with E-state index >= 15 is 0 Å².